The summed E-state index contributed by atoms with van der Waals surface area (Å²) in [5, 5.41) is 11.0. The average Bonchev–Trinajstić information content (AvgIpc) is 2.93. The molecule has 1 aromatic heterocycles. The van der Waals surface area contributed by atoms with Crippen LogP contribution in [-0.2, 0) is 11.3 Å². The van der Waals surface area contributed by atoms with E-state index >= 15 is 0 Å². The Morgan fingerprint density at radius 3 is 2.57 bits per heavy atom. The normalized spacial score (nSPS) is 18.9. The zero-order chi connectivity index (χ0) is 15.4. The Morgan fingerprint density at radius 2 is 1.95 bits per heavy atom. The molecule has 1 aliphatic rings. The van der Waals surface area contributed by atoms with Crippen LogP contribution in [0, 0.1) is 0 Å². The zero-order valence-electron chi connectivity index (χ0n) is 13.4. The van der Waals surface area contributed by atoms with Crippen molar-refractivity contribution in [2.24, 2.45) is 0 Å². The highest BCUT2D eigenvalue weighted by Gasteiger charge is 2.24. The molecule has 1 aromatic rings. The molecule has 1 aliphatic heterocycles. The molecule has 0 bridgehead atoms. The lowest BCUT2D eigenvalue weighted by Gasteiger charge is -2.35. The van der Waals surface area contributed by atoms with Crippen LogP contribution >= 0.6 is 0 Å². The molecule has 2 rings (SSSR count). The molecule has 7 heteroatoms. The third-order valence-electron chi connectivity index (χ3n) is 4.09. The van der Waals surface area contributed by atoms with Gasteiger partial charge in [-0.3, -0.25) is 9.69 Å². The average molecular weight is 294 g/mol. The molecule has 21 heavy (non-hydrogen) atoms. The van der Waals surface area contributed by atoms with E-state index in [1.54, 1.807) is 6.33 Å². The van der Waals surface area contributed by atoms with E-state index in [4.69, 9.17) is 0 Å². The van der Waals surface area contributed by atoms with Crippen molar-refractivity contribution in [3.63, 3.8) is 0 Å². The number of carbonyl (C=O) groups excluding carboxylic acids is 1. The first kappa shape index (κ1) is 15.9. The van der Waals surface area contributed by atoms with Crippen LogP contribution in [0.15, 0.2) is 6.33 Å². The van der Waals surface area contributed by atoms with Crippen LogP contribution in [0.2, 0.25) is 0 Å². The third kappa shape index (κ3) is 4.01. The summed E-state index contributed by atoms with van der Waals surface area (Å²) in [5.41, 5.74) is 0. The molecule has 1 fully saturated rings. The van der Waals surface area contributed by atoms with E-state index in [0.717, 1.165) is 32.0 Å². The van der Waals surface area contributed by atoms with E-state index < -0.39 is 0 Å². The molecule has 1 saturated heterocycles. The Bertz CT molecular complexity index is 464. The van der Waals surface area contributed by atoms with Gasteiger partial charge in [0.05, 0.1) is 12.6 Å². The molecule has 0 aromatic carbocycles. The summed E-state index contributed by atoms with van der Waals surface area (Å²) in [6.07, 6.45) is 1.70. The second-order valence-corrected chi connectivity index (χ2v) is 5.98. The molecule has 2 heterocycles. The van der Waals surface area contributed by atoms with Crippen LogP contribution < -0.4 is 5.32 Å². The molecule has 7 nitrogen and oxygen atoms in total. The molecule has 1 amide bonds. The quantitative estimate of drug-likeness (QED) is 0.835. The monoisotopic (exact) mass is 294 g/mol. The number of nitrogens with one attached hydrogen (secondary N) is 1. The highest BCUT2D eigenvalue weighted by Crippen LogP contribution is 2.07. The van der Waals surface area contributed by atoms with Gasteiger partial charge >= 0.3 is 0 Å². The van der Waals surface area contributed by atoms with Gasteiger partial charge in [-0.15, -0.1) is 10.2 Å². The highest BCUT2D eigenvalue weighted by atomic mass is 16.2. The lowest BCUT2D eigenvalue weighted by atomic mass is 10.2. The van der Waals surface area contributed by atoms with Gasteiger partial charge in [-0.05, 0) is 27.8 Å². The van der Waals surface area contributed by atoms with Crippen LogP contribution in [0.1, 0.15) is 32.6 Å². The Labute approximate surface area is 126 Å². The Kier molecular flexibility index (Phi) is 5.30. The SMILES string of the molecule is CC(C)n1cnnc1CNC(=O)[C@@H](C)N1CCN(C)CC1. The largest absolute Gasteiger partial charge is 0.347 e. The van der Waals surface area contributed by atoms with E-state index in [9.17, 15) is 4.79 Å². The minimum atomic E-state index is -0.103. The van der Waals surface area contributed by atoms with E-state index in [1.807, 2.05) is 11.5 Å². The van der Waals surface area contributed by atoms with Crippen LogP contribution in [0.5, 0.6) is 0 Å². The lowest BCUT2D eigenvalue weighted by Crippen LogP contribution is -2.52. The van der Waals surface area contributed by atoms with Crippen molar-refractivity contribution >= 4 is 5.91 Å². The molecule has 0 spiro atoms. The van der Waals surface area contributed by atoms with Crippen molar-refractivity contribution in [3.8, 4) is 0 Å². The minimum Gasteiger partial charge on any atom is -0.347 e. The van der Waals surface area contributed by atoms with Gasteiger partial charge in [0.2, 0.25) is 5.91 Å². The van der Waals surface area contributed by atoms with Gasteiger partial charge in [0.15, 0.2) is 5.82 Å². The number of hydrogen-bond acceptors (Lipinski definition) is 5. The molecule has 1 N–H and O–H groups in total. The number of amides is 1. The molecule has 118 valence electrons. The zero-order valence-corrected chi connectivity index (χ0v) is 13.4. The van der Waals surface area contributed by atoms with Crippen LogP contribution in [0.25, 0.3) is 0 Å². The number of piperazine rings is 1. The maximum absolute atomic E-state index is 12.3. The predicted molar refractivity (Wildman–Crippen MR) is 80.8 cm³/mol. The van der Waals surface area contributed by atoms with Gasteiger partial charge in [-0.25, -0.2) is 0 Å². The first-order valence-corrected chi connectivity index (χ1v) is 7.57. The maximum Gasteiger partial charge on any atom is 0.237 e. The number of aromatic nitrogens is 3. The van der Waals surface area contributed by atoms with Crippen molar-refractivity contribution in [1.29, 1.82) is 0 Å². The second-order valence-electron chi connectivity index (χ2n) is 5.98. The van der Waals surface area contributed by atoms with Gasteiger partial charge in [0, 0.05) is 32.2 Å². The predicted octanol–water partition coefficient (Wildman–Crippen LogP) is 0.111. The Balaban J connectivity index is 1.85. The van der Waals surface area contributed by atoms with E-state index in [2.05, 4.69) is 46.2 Å². The summed E-state index contributed by atoms with van der Waals surface area (Å²) in [4.78, 5) is 16.8. The second kappa shape index (κ2) is 7.00. The van der Waals surface area contributed by atoms with Crippen molar-refractivity contribution in [2.75, 3.05) is 33.2 Å². The number of nitrogens with zero attached hydrogens (tertiary/aromatic N) is 5. The van der Waals surface area contributed by atoms with Crippen LogP contribution in [0.3, 0.4) is 0 Å². The van der Waals surface area contributed by atoms with E-state index in [0.29, 0.717) is 12.6 Å². The maximum atomic E-state index is 12.3. The summed E-state index contributed by atoms with van der Waals surface area (Å²) >= 11 is 0. The Morgan fingerprint density at radius 1 is 1.29 bits per heavy atom. The topological polar surface area (TPSA) is 66.3 Å². The molecule has 0 radical (unpaired) electrons. The van der Waals surface area contributed by atoms with Crippen LogP contribution in [-0.4, -0.2) is 69.7 Å². The Hall–Kier alpha value is -1.47. The van der Waals surface area contributed by atoms with Gasteiger partial charge in [0.1, 0.15) is 6.33 Å². The van der Waals surface area contributed by atoms with Crippen molar-refractivity contribution in [2.45, 2.75) is 39.4 Å². The minimum absolute atomic E-state index is 0.0536. The van der Waals surface area contributed by atoms with Gasteiger partial charge in [-0.2, -0.15) is 0 Å². The van der Waals surface area contributed by atoms with Crippen LogP contribution in [0.4, 0.5) is 0 Å². The summed E-state index contributed by atoms with van der Waals surface area (Å²) in [6, 6.07) is 0.191. The first-order valence-electron chi connectivity index (χ1n) is 7.57. The number of carbonyl (C=O) groups is 1. The number of rotatable bonds is 5. The van der Waals surface area contributed by atoms with E-state index in [1.165, 1.54) is 0 Å². The third-order valence-corrected chi connectivity index (χ3v) is 4.09. The van der Waals surface area contributed by atoms with Gasteiger partial charge in [-0.1, -0.05) is 0 Å². The van der Waals surface area contributed by atoms with E-state index in [-0.39, 0.29) is 11.9 Å². The summed E-state index contributed by atoms with van der Waals surface area (Å²) in [5.74, 6) is 0.849. The van der Waals surface area contributed by atoms with Crippen molar-refractivity contribution < 1.29 is 4.79 Å². The first-order chi connectivity index (χ1) is 9.99. The highest BCUT2D eigenvalue weighted by molar-refractivity contribution is 5.81. The molecule has 0 aliphatic carbocycles. The number of likely N-dealkylation sites (N-methyl/N-ethyl adjacent to an activating group) is 1. The van der Waals surface area contributed by atoms with Gasteiger partial charge in [0.25, 0.3) is 0 Å². The molecule has 0 unspecified atom stereocenters. The lowest BCUT2D eigenvalue weighted by molar-refractivity contribution is -0.126. The fraction of sp³-hybridized carbons (Fsp3) is 0.786. The van der Waals surface area contributed by atoms with Gasteiger partial charge < -0.3 is 14.8 Å². The van der Waals surface area contributed by atoms with Crippen molar-refractivity contribution in [3.05, 3.63) is 12.2 Å². The molecular formula is C14H26N6O. The smallest absolute Gasteiger partial charge is 0.237 e. The number of hydrogen-bond donors (Lipinski definition) is 1. The molecule has 0 saturated carbocycles. The summed E-state index contributed by atoms with van der Waals surface area (Å²) in [6.45, 7) is 10.4. The van der Waals surface area contributed by atoms with Crippen molar-refractivity contribution in [1.82, 2.24) is 29.9 Å². The molecular weight excluding hydrogens is 268 g/mol. The standard InChI is InChI=1S/C14H26N6O/c1-11(2)20-10-16-17-13(20)9-15-14(21)12(3)19-7-5-18(4)6-8-19/h10-12H,5-9H2,1-4H3,(H,15,21)/t12-/m1/s1. The molecule has 1 atom stereocenters. The fourth-order valence-electron chi connectivity index (χ4n) is 2.51. The summed E-state index contributed by atoms with van der Waals surface area (Å²) in [7, 11) is 2.11. The fourth-order valence-corrected chi connectivity index (χ4v) is 2.51. The summed E-state index contributed by atoms with van der Waals surface area (Å²) < 4.78 is 1.97.